The molecule has 1 aromatic rings. The van der Waals surface area contributed by atoms with Gasteiger partial charge in [0.15, 0.2) is 0 Å². The summed E-state index contributed by atoms with van der Waals surface area (Å²) in [4.78, 5) is 1.41. The van der Waals surface area contributed by atoms with Crippen molar-refractivity contribution in [3.63, 3.8) is 0 Å². The Bertz CT molecular complexity index is 304. The Hall–Kier alpha value is 0.140. The third-order valence-electron chi connectivity index (χ3n) is 3.20. The second-order valence-electron chi connectivity index (χ2n) is 4.58. The Labute approximate surface area is 104 Å². The Morgan fingerprint density at radius 3 is 2.80 bits per heavy atom. The third-order valence-corrected chi connectivity index (χ3v) is 4.92. The van der Waals surface area contributed by atoms with Crippen LogP contribution in [0.2, 0.25) is 0 Å². The van der Waals surface area contributed by atoms with E-state index in [-0.39, 0.29) is 0 Å². The average Bonchev–Trinajstić information content (AvgIpc) is 2.77. The van der Waals surface area contributed by atoms with Gasteiger partial charge in [-0.25, -0.2) is 0 Å². The molecule has 0 bridgehead atoms. The quantitative estimate of drug-likeness (QED) is 0.891. The van der Waals surface area contributed by atoms with Crippen molar-refractivity contribution < 1.29 is 0 Å². The zero-order valence-corrected chi connectivity index (χ0v) is 11.3. The van der Waals surface area contributed by atoms with E-state index in [1.54, 1.807) is 0 Å². The van der Waals surface area contributed by atoms with Gasteiger partial charge in [0.25, 0.3) is 0 Å². The molecule has 2 rings (SSSR count). The maximum Gasteiger partial charge on any atom is 0.0285 e. The lowest BCUT2D eigenvalue weighted by atomic mass is 9.97. The summed E-state index contributed by atoms with van der Waals surface area (Å²) in [6.45, 7) is 0. The summed E-state index contributed by atoms with van der Waals surface area (Å²) < 4.78 is 1.19. The zero-order chi connectivity index (χ0) is 10.7. The van der Waals surface area contributed by atoms with Crippen molar-refractivity contribution in [2.24, 2.45) is 11.7 Å². The SMILES string of the molecule is NC(Cc1cc(Br)cs1)CC1CCCC1. The molecule has 0 amide bonds. The fraction of sp³-hybridized carbons (Fsp3) is 0.667. The van der Waals surface area contributed by atoms with Crippen molar-refractivity contribution in [3.05, 3.63) is 20.8 Å². The smallest absolute Gasteiger partial charge is 0.0285 e. The summed E-state index contributed by atoms with van der Waals surface area (Å²) in [6, 6.07) is 2.55. The largest absolute Gasteiger partial charge is 0.327 e. The predicted octanol–water partition coefficient (Wildman–Crippen LogP) is 3.96. The molecule has 1 aromatic heterocycles. The molecule has 1 atom stereocenters. The highest BCUT2D eigenvalue weighted by Gasteiger charge is 2.18. The lowest BCUT2D eigenvalue weighted by Gasteiger charge is -2.15. The van der Waals surface area contributed by atoms with Crippen molar-refractivity contribution in [2.75, 3.05) is 0 Å². The maximum absolute atomic E-state index is 6.19. The van der Waals surface area contributed by atoms with Gasteiger partial charge in [-0.1, -0.05) is 25.7 Å². The molecule has 1 nitrogen and oxygen atoms in total. The maximum atomic E-state index is 6.19. The number of rotatable bonds is 4. The number of halogens is 1. The van der Waals surface area contributed by atoms with Crippen LogP contribution < -0.4 is 5.73 Å². The molecule has 15 heavy (non-hydrogen) atoms. The molecule has 0 saturated heterocycles. The Balaban J connectivity index is 1.78. The first kappa shape index (κ1) is 11.6. The molecule has 1 saturated carbocycles. The average molecular weight is 288 g/mol. The molecule has 84 valence electrons. The minimum Gasteiger partial charge on any atom is -0.327 e. The summed E-state index contributed by atoms with van der Waals surface area (Å²) in [6.07, 6.45) is 7.91. The van der Waals surface area contributed by atoms with E-state index in [1.165, 1.54) is 41.5 Å². The van der Waals surface area contributed by atoms with Gasteiger partial charge in [0.05, 0.1) is 0 Å². The lowest BCUT2D eigenvalue weighted by molar-refractivity contribution is 0.442. The molecule has 1 aliphatic carbocycles. The summed E-state index contributed by atoms with van der Waals surface area (Å²) in [5, 5.41) is 2.14. The molecule has 1 heterocycles. The first-order valence-electron chi connectivity index (χ1n) is 5.72. The van der Waals surface area contributed by atoms with Crippen molar-refractivity contribution in [1.29, 1.82) is 0 Å². The molecule has 1 aliphatic rings. The van der Waals surface area contributed by atoms with Gasteiger partial charge in [0.1, 0.15) is 0 Å². The van der Waals surface area contributed by atoms with E-state index in [4.69, 9.17) is 5.73 Å². The Morgan fingerprint density at radius 2 is 2.20 bits per heavy atom. The lowest BCUT2D eigenvalue weighted by Crippen LogP contribution is -2.25. The topological polar surface area (TPSA) is 26.0 Å². The first-order valence-corrected chi connectivity index (χ1v) is 7.40. The fourth-order valence-electron chi connectivity index (χ4n) is 2.48. The first-order chi connectivity index (χ1) is 7.24. The van der Waals surface area contributed by atoms with Crippen LogP contribution in [-0.4, -0.2) is 6.04 Å². The van der Waals surface area contributed by atoms with E-state index in [9.17, 15) is 0 Å². The molecule has 0 aromatic carbocycles. The van der Waals surface area contributed by atoms with E-state index >= 15 is 0 Å². The number of hydrogen-bond donors (Lipinski definition) is 1. The predicted molar refractivity (Wildman–Crippen MR) is 70.3 cm³/mol. The molecule has 0 radical (unpaired) electrons. The van der Waals surface area contributed by atoms with Gasteiger partial charge in [0.2, 0.25) is 0 Å². The van der Waals surface area contributed by atoms with E-state index < -0.39 is 0 Å². The van der Waals surface area contributed by atoms with Crippen molar-refractivity contribution in [1.82, 2.24) is 0 Å². The minimum absolute atomic E-state index is 0.360. The summed E-state index contributed by atoms with van der Waals surface area (Å²) in [5.74, 6) is 0.906. The van der Waals surface area contributed by atoms with Crippen LogP contribution in [0.1, 0.15) is 37.0 Å². The summed E-state index contributed by atoms with van der Waals surface area (Å²) in [5.41, 5.74) is 6.19. The molecule has 0 aliphatic heterocycles. The number of thiophene rings is 1. The van der Waals surface area contributed by atoms with Gasteiger partial charge in [-0.2, -0.15) is 0 Å². The second-order valence-corrected chi connectivity index (χ2v) is 6.49. The molecule has 3 heteroatoms. The normalized spacial score (nSPS) is 19.6. The Morgan fingerprint density at radius 1 is 1.47 bits per heavy atom. The molecule has 0 spiro atoms. The van der Waals surface area contributed by atoms with Crippen molar-refractivity contribution in [3.8, 4) is 0 Å². The molecular weight excluding hydrogens is 270 g/mol. The monoisotopic (exact) mass is 287 g/mol. The highest BCUT2D eigenvalue weighted by Crippen LogP contribution is 2.29. The van der Waals surface area contributed by atoms with Gasteiger partial charge in [0, 0.05) is 20.8 Å². The number of hydrogen-bond acceptors (Lipinski definition) is 2. The van der Waals surface area contributed by atoms with E-state index in [0.29, 0.717) is 6.04 Å². The van der Waals surface area contributed by atoms with Crippen LogP contribution in [0, 0.1) is 5.92 Å². The van der Waals surface area contributed by atoms with Crippen LogP contribution in [0.3, 0.4) is 0 Å². The Kier molecular flexibility index (Phi) is 4.23. The fourth-order valence-corrected chi connectivity index (χ4v) is 4.02. The van der Waals surface area contributed by atoms with E-state index in [2.05, 4.69) is 27.4 Å². The van der Waals surface area contributed by atoms with Crippen molar-refractivity contribution >= 4 is 27.3 Å². The summed E-state index contributed by atoms with van der Waals surface area (Å²) >= 11 is 5.29. The molecule has 1 fully saturated rings. The van der Waals surface area contributed by atoms with E-state index in [1.807, 2.05) is 11.3 Å². The molecular formula is C12H18BrNS. The van der Waals surface area contributed by atoms with Crippen LogP contribution in [0.4, 0.5) is 0 Å². The van der Waals surface area contributed by atoms with Gasteiger partial charge in [-0.15, -0.1) is 11.3 Å². The van der Waals surface area contributed by atoms with Gasteiger partial charge in [-0.05, 0) is 40.8 Å². The zero-order valence-electron chi connectivity index (χ0n) is 8.92. The third kappa shape index (κ3) is 3.58. The molecule has 1 unspecified atom stereocenters. The number of nitrogens with two attached hydrogens (primary N) is 1. The van der Waals surface area contributed by atoms with Crippen molar-refractivity contribution in [2.45, 2.75) is 44.6 Å². The highest BCUT2D eigenvalue weighted by molar-refractivity contribution is 9.10. The van der Waals surface area contributed by atoms with Crippen LogP contribution in [0.5, 0.6) is 0 Å². The van der Waals surface area contributed by atoms with Crippen LogP contribution in [0.15, 0.2) is 15.9 Å². The molecule has 2 N–H and O–H groups in total. The minimum atomic E-state index is 0.360. The second kappa shape index (κ2) is 5.46. The summed E-state index contributed by atoms with van der Waals surface area (Å²) in [7, 11) is 0. The van der Waals surface area contributed by atoms with Crippen LogP contribution >= 0.6 is 27.3 Å². The van der Waals surface area contributed by atoms with Crippen LogP contribution in [0.25, 0.3) is 0 Å². The van der Waals surface area contributed by atoms with E-state index in [0.717, 1.165) is 12.3 Å². The van der Waals surface area contributed by atoms with Gasteiger partial charge < -0.3 is 5.73 Å². The van der Waals surface area contributed by atoms with Crippen LogP contribution in [-0.2, 0) is 6.42 Å². The van der Waals surface area contributed by atoms with Gasteiger partial charge in [-0.3, -0.25) is 0 Å². The van der Waals surface area contributed by atoms with Gasteiger partial charge >= 0.3 is 0 Å². The highest BCUT2D eigenvalue weighted by atomic mass is 79.9. The standard InChI is InChI=1S/C12H18BrNS/c13-10-6-12(15-8-10)7-11(14)5-9-3-1-2-4-9/h6,8-9,11H,1-5,7,14H2.